The lowest BCUT2D eigenvalue weighted by Crippen LogP contribution is -2.08. The normalized spacial score (nSPS) is 16.5. The van der Waals surface area contributed by atoms with Crippen LogP contribution >= 0.6 is 11.8 Å². The zero-order valence-corrected chi connectivity index (χ0v) is 9.17. The van der Waals surface area contributed by atoms with Gasteiger partial charge >= 0.3 is 6.18 Å². The Morgan fingerprint density at radius 1 is 1.25 bits per heavy atom. The SMILES string of the molecule is Fc1ccc(SCC2CC2)cc1C(F)(F)F. The minimum absolute atomic E-state index is 0.487. The van der Waals surface area contributed by atoms with Crippen molar-refractivity contribution in [3.05, 3.63) is 29.6 Å². The molecule has 0 N–H and O–H groups in total. The molecule has 0 heterocycles. The number of rotatable bonds is 3. The second-order valence-electron chi connectivity index (χ2n) is 3.89. The van der Waals surface area contributed by atoms with E-state index in [9.17, 15) is 17.6 Å². The van der Waals surface area contributed by atoms with E-state index in [1.165, 1.54) is 17.8 Å². The predicted octanol–water partition coefficient (Wildman–Crippen LogP) is 4.35. The van der Waals surface area contributed by atoms with Gasteiger partial charge in [-0.25, -0.2) is 4.39 Å². The molecule has 0 aliphatic heterocycles. The lowest BCUT2D eigenvalue weighted by molar-refractivity contribution is -0.140. The molecule has 1 aromatic rings. The summed E-state index contributed by atoms with van der Waals surface area (Å²) in [5, 5.41) is 0. The Morgan fingerprint density at radius 3 is 2.50 bits per heavy atom. The van der Waals surface area contributed by atoms with Crippen LogP contribution in [0.5, 0.6) is 0 Å². The summed E-state index contributed by atoms with van der Waals surface area (Å²) < 4.78 is 50.1. The van der Waals surface area contributed by atoms with E-state index in [0.717, 1.165) is 30.7 Å². The third kappa shape index (κ3) is 2.90. The Balaban J connectivity index is 2.13. The molecule has 2 rings (SSSR count). The smallest absolute Gasteiger partial charge is 0.206 e. The van der Waals surface area contributed by atoms with Gasteiger partial charge < -0.3 is 0 Å². The van der Waals surface area contributed by atoms with Crippen LogP contribution < -0.4 is 0 Å². The summed E-state index contributed by atoms with van der Waals surface area (Å²) in [5.41, 5.74) is -1.17. The molecule has 1 aliphatic rings. The summed E-state index contributed by atoms with van der Waals surface area (Å²) in [4.78, 5) is 0.487. The Labute approximate surface area is 95.0 Å². The third-order valence-electron chi connectivity index (χ3n) is 2.43. The highest BCUT2D eigenvalue weighted by atomic mass is 32.2. The van der Waals surface area contributed by atoms with Crippen LogP contribution in [-0.4, -0.2) is 5.75 Å². The van der Waals surface area contributed by atoms with Crippen molar-refractivity contribution in [1.29, 1.82) is 0 Å². The molecule has 0 amide bonds. The summed E-state index contributed by atoms with van der Waals surface area (Å²) in [7, 11) is 0. The highest BCUT2D eigenvalue weighted by Gasteiger charge is 2.34. The van der Waals surface area contributed by atoms with Crippen molar-refractivity contribution in [1.82, 2.24) is 0 Å². The van der Waals surface area contributed by atoms with E-state index >= 15 is 0 Å². The lowest BCUT2D eigenvalue weighted by atomic mass is 10.2. The molecule has 0 unspecified atom stereocenters. The maximum atomic E-state index is 12.9. The van der Waals surface area contributed by atoms with Gasteiger partial charge in [0, 0.05) is 10.6 Å². The van der Waals surface area contributed by atoms with Gasteiger partial charge in [0.05, 0.1) is 5.56 Å². The number of hydrogen-bond donors (Lipinski definition) is 0. The largest absolute Gasteiger partial charge is 0.419 e. The van der Waals surface area contributed by atoms with Gasteiger partial charge in [-0.2, -0.15) is 13.2 Å². The van der Waals surface area contributed by atoms with Crippen molar-refractivity contribution in [2.75, 3.05) is 5.75 Å². The first-order valence-corrected chi connectivity index (χ1v) is 5.95. The topological polar surface area (TPSA) is 0 Å². The first-order chi connectivity index (χ1) is 7.47. The Kier molecular flexibility index (Phi) is 3.15. The monoisotopic (exact) mass is 250 g/mol. The Hall–Kier alpha value is -0.710. The Bertz CT molecular complexity index is 382. The van der Waals surface area contributed by atoms with Crippen LogP contribution in [0.2, 0.25) is 0 Å². The van der Waals surface area contributed by atoms with Crippen molar-refractivity contribution < 1.29 is 17.6 Å². The van der Waals surface area contributed by atoms with Gasteiger partial charge in [-0.3, -0.25) is 0 Å². The lowest BCUT2D eigenvalue weighted by Gasteiger charge is -2.09. The van der Waals surface area contributed by atoms with Crippen molar-refractivity contribution in [3.63, 3.8) is 0 Å². The summed E-state index contributed by atoms with van der Waals surface area (Å²) in [6, 6.07) is 3.18. The van der Waals surface area contributed by atoms with Gasteiger partial charge in [-0.05, 0) is 37.0 Å². The maximum Gasteiger partial charge on any atom is 0.419 e. The Morgan fingerprint density at radius 2 is 1.94 bits per heavy atom. The van der Waals surface area contributed by atoms with Crippen LogP contribution in [0.3, 0.4) is 0 Å². The van der Waals surface area contributed by atoms with Gasteiger partial charge in [-0.15, -0.1) is 11.8 Å². The van der Waals surface area contributed by atoms with Gasteiger partial charge in [0.2, 0.25) is 0 Å². The van der Waals surface area contributed by atoms with Crippen LogP contribution in [0, 0.1) is 11.7 Å². The first-order valence-electron chi connectivity index (χ1n) is 4.96. The first kappa shape index (κ1) is 11.8. The molecule has 0 saturated heterocycles. The van der Waals surface area contributed by atoms with Gasteiger partial charge in [0.1, 0.15) is 5.82 Å². The molecule has 1 aliphatic carbocycles. The van der Waals surface area contributed by atoms with Crippen molar-refractivity contribution in [2.24, 2.45) is 5.92 Å². The molecule has 88 valence electrons. The quantitative estimate of drug-likeness (QED) is 0.567. The van der Waals surface area contributed by atoms with E-state index in [4.69, 9.17) is 0 Å². The van der Waals surface area contributed by atoms with Crippen LogP contribution in [0.1, 0.15) is 18.4 Å². The predicted molar refractivity (Wildman–Crippen MR) is 54.9 cm³/mol. The van der Waals surface area contributed by atoms with Crippen molar-refractivity contribution >= 4 is 11.8 Å². The number of halogens is 4. The highest BCUT2D eigenvalue weighted by Crippen LogP contribution is 2.37. The van der Waals surface area contributed by atoms with E-state index < -0.39 is 17.6 Å². The molecule has 0 nitrogen and oxygen atoms in total. The standard InChI is InChI=1S/C11H10F4S/c12-10-4-3-8(16-6-7-1-2-7)5-9(10)11(13,14)15/h3-5,7H,1-2,6H2. The van der Waals surface area contributed by atoms with E-state index in [-0.39, 0.29) is 0 Å². The van der Waals surface area contributed by atoms with Crippen LogP contribution in [0.15, 0.2) is 23.1 Å². The minimum Gasteiger partial charge on any atom is -0.206 e. The number of benzene rings is 1. The molecule has 0 atom stereocenters. The summed E-state index contributed by atoms with van der Waals surface area (Å²) >= 11 is 1.36. The zero-order chi connectivity index (χ0) is 11.8. The zero-order valence-electron chi connectivity index (χ0n) is 8.35. The van der Waals surface area contributed by atoms with Crippen LogP contribution in [0.25, 0.3) is 0 Å². The van der Waals surface area contributed by atoms with Crippen LogP contribution in [-0.2, 0) is 6.18 Å². The molecule has 0 aromatic heterocycles. The van der Waals surface area contributed by atoms with E-state index in [0.29, 0.717) is 10.8 Å². The fraction of sp³-hybridized carbons (Fsp3) is 0.455. The van der Waals surface area contributed by atoms with Gasteiger partial charge in [0.15, 0.2) is 0 Å². The molecule has 1 saturated carbocycles. The molecular weight excluding hydrogens is 240 g/mol. The highest BCUT2D eigenvalue weighted by molar-refractivity contribution is 7.99. The minimum atomic E-state index is -4.61. The molecule has 1 fully saturated rings. The van der Waals surface area contributed by atoms with Gasteiger partial charge in [-0.1, -0.05) is 0 Å². The van der Waals surface area contributed by atoms with Crippen molar-refractivity contribution in [2.45, 2.75) is 23.9 Å². The molecule has 0 spiro atoms. The summed E-state index contributed by atoms with van der Waals surface area (Å²) in [6.45, 7) is 0. The molecular formula is C11H10F4S. The molecule has 16 heavy (non-hydrogen) atoms. The molecule has 5 heteroatoms. The second kappa shape index (κ2) is 4.28. The van der Waals surface area contributed by atoms with E-state index in [2.05, 4.69) is 0 Å². The number of alkyl halides is 3. The second-order valence-corrected chi connectivity index (χ2v) is 4.99. The van der Waals surface area contributed by atoms with E-state index in [1.54, 1.807) is 0 Å². The molecule has 0 radical (unpaired) electrons. The molecule has 1 aromatic carbocycles. The fourth-order valence-corrected chi connectivity index (χ4v) is 2.44. The summed E-state index contributed by atoms with van der Waals surface area (Å²) in [6.07, 6.45) is -2.30. The third-order valence-corrected chi connectivity index (χ3v) is 3.65. The van der Waals surface area contributed by atoms with Crippen LogP contribution in [0.4, 0.5) is 17.6 Å². The average molecular weight is 250 g/mol. The fourth-order valence-electron chi connectivity index (χ4n) is 1.31. The molecule has 0 bridgehead atoms. The number of thioether (sulfide) groups is 1. The maximum absolute atomic E-state index is 12.9. The van der Waals surface area contributed by atoms with Gasteiger partial charge in [0.25, 0.3) is 0 Å². The average Bonchev–Trinajstić information content (AvgIpc) is 2.98. The van der Waals surface area contributed by atoms with Crippen molar-refractivity contribution in [3.8, 4) is 0 Å². The summed E-state index contributed by atoms with van der Waals surface area (Å²) in [5.74, 6) is 0.246. The number of hydrogen-bond acceptors (Lipinski definition) is 1. The van der Waals surface area contributed by atoms with E-state index in [1.807, 2.05) is 0 Å².